The van der Waals surface area contributed by atoms with Crippen LogP contribution >= 0.6 is 0 Å². The number of carbonyl (C=O) groups excluding carboxylic acids is 1. The van der Waals surface area contributed by atoms with Crippen molar-refractivity contribution in [2.24, 2.45) is 7.05 Å². The molecule has 2 aliphatic rings. The molecule has 0 bridgehead atoms. The first-order valence-corrected chi connectivity index (χ1v) is 10.3. The Labute approximate surface area is 182 Å². The molecule has 166 valence electrons. The molecule has 0 N–H and O–H groups in total. The van der Waals surface area contributed by atoms with Crippen molar-refractivity contribution in [3.63, 3.8) is 0 Å². The summed E-state index contributed by atoms with van der Waals surface area (Å²) in [5, 5.41) is 4.49. The molecule has 1 aromatic heterocycles. The smallest absolute Gasteiger partial charge is 0.416 e. The minimum absolute atomic E-state index is 0.187. The molecule has 6 nitrogen and oxygen atoms in total. The third-order valence-electron chi connectivity index (χ3n) is 5.97. The maximum absolute atomic E-state index is 13.3. The number of amides is 1. The van der Waals surface area contributed by atoms with Crippen LogP contribution in [0.1, 0.15) is 21.6 Å². The predicted molar refractivity (Wildman–Crippen MR) is 113 cm³/mol. The summed E-state index contributed by atoms with van der Waals surface area (Å²) in [5.74, 6) is 0.574. The maximum atomic E-state index is 13.3. The van der Waals surface area contributed by atoms with E-state index in [0.29, 0.717) is 37.6 Å². The van der Waals surface area contributed by atoms with Crippen molar-refractivity contribution in [3.05, 3.63) is 65.4 Å². The summed E-state index contributed by atoms with van der Waals surface area (Å²) in [6.07, 6.45) is -4.38. The second-order valence-corrected chi connectivity index (χ2v) is 7.91. The molecule has 0 saturated carbocycles. The first-order valence-electron chi connectivity index (χ1n) is 10.3. The van der Waals surface area contributed by atoms with Gasteiger partial charge >= 0.3 is 6.18 Å². The average molecular weight is 442 g/mol. The van der Waals surface area contributed by atoms with E-state index in [4.69, 9.17) is 4.74 Å². The van der Waals surface area contributed by atoms with E-state index in [9.17, 15) is 18.0 Å². The van der Waals surface area contributed by atoms with Gasteiger partial charge in [-0.2, -0.15) is 18.3 Å². The summed E-state index contributed by atoms with van der Waals surface area (Å²) in [4.78, 5) is 16.8. The number of anilines is 1. The highest BCUT2D eigenvalue weighted by Crippen LogP contribution is 2.38. The Hall–Kier alpha value is -3.49. The Balaban J connectivity index is 1.33. The largest absolute Gasteiger partial charge is 0.488 e. The molecule has 1 amide bonds. The Morgan fingerprint density at radius 2 is 1.78 bits per heavy atom. The third-order valence-corrected chi connectivity index (χ3v) is 5.97. The van der Waals surface area contributed by atoms with E-state index >= 15 is 0 Å². The number of benzene rings is 2. The minimum atomic E-state index is -4.38. The second kappa shape index (κ2) is 7.58. The van der Waals surface area contributed by atoms with Gasteiger partial charge in [0.05, 0.1) is 11.3 Å². The molecule has 2 aliphatic heterocycles. The van der Waals surface area contributed by atoms with Crippen LogP contribution in [-0.4, -0.2) is 46.8 Å². The number of aryl methyl sites for hydroxylation is 1. The molecular formula is C23H21F3N4O2. The molecule has 5 rings (SSSR count). The van der Waals surface area contributed by atoms with Crippen LogP contribution in [-0.2, 0) is 19.8 Å². The second-order valence-electron chi connectivity index (χ2n) is 7.91. The van der Waals surface area contributed by atoms with Crippen molar-refractivity contribution in [1.29, 1.82) is 0 Å². The van der Waals surface area contributed by atoms with Gasteiger partial charge in [0, 0.05) is 50.0 Å². The lowest BCUT2D eigenvalue weighted by molar-refractivity contribution is -0.137. The van der Waals surface area contributed by atoms with Gasteiger partial charge in [-0.05, 0) is 30.3 Å². The lowest BCUT2D eigenvalue weighted by Gasteiger charge is -2.36. The number of ether oxygens (including phenoxy) is 1. The monoisotopic (exact) mass is 442 g/mol. The molecule has 0 aliphatic carbocycles. The molecule has 32 heavy (non-hydrogen) atoms. The SMILES string of the molecule is Cn1nc(C(=O)N2CCN(c3cccc(C(F)(F)F)c3)CC2)c2c1-c1ccccc1OC2. The fourth-order valence-corrected chi connectivity index (χ4v) is 4.35. The molecular weight excluding hydrogens is 421 g/mol. The van der Waals surface area contributed by atoms with Gasteiger partial charge in [0.25, 0.3) is 5.91 Å². The summed E-state index contributed by atoms with van der Waals surface area (Å²) < 4.78 is 46.6. The molecule has 2 aromatic carbocycles. The molecule has 1 fully saturated rings. The molecule has 0 unspecified atom stereocenters. The van der Waals surface area contributed by atoms with Gasteiger partial charge in [0.1, 0.15) is 12.4 Å². The molecule has 3 heterocycles. The quantitative estimate of drug-likeness (QED) is 0.603. The van der Waals surface area contributed by atoms with E-state index in [-0.39, 0.29) is 12.5 Å². The Bertz CT molecular complexity index is 1180. The van der Waals surface area contributed by atoms with Crippen LogP contribution in [0.5, 0.6) is 5.75 Å². The van der Waals surface area contributed by atoms with Gasteiger partial charge in [0.15, 0.2) is 5.69 Å². The van der Waals surface area contributed by atoms with Crippen LogP contribution in [0.15, 0.2) is 48.5 Å². The van der Waals surface area contributed by atoms with Crippen molar-refractivity contribution in [2.45, 2.75) is 12.8 Å². The maximum Gasteiger partial charge on any atom is 0.416 e. The van der Waals surface area contributed by atoms with E-state index in [2.05, 4.69) is 5.10 Å². The number of carbonyl (C=O) groups is 1. The van der Waals surface area contributed by atoms with E-state index in [1.807, 2.05) is 36.2 Å². The number of rotatable bonds is 2. The molecule has 1 saturated heterocycles. The van der Waals surface area contributed by atoms with Gasteiger partial charge in [-0.25, -0.2) is 0 Å². The van der Waals surface area contributed by atoms with E-state index in [1.165, 1.54) is 6.07 Å². The Kier molecular flexibility index (Phi) is 4.83. The number of fused-ring (bicyclic) bond motifs is 3. The van der Waals surface area contributed by atoms with Crippen molar-refractivity contribution in [3.8, 4) is 17.0 Å². The fourth-order valence-electron chi connectivity index (χ4n) is 4.35. The van der Waals surface area contributed by atoms with Crippen LogP contribution < -0.4 is 9.64 Å². The van der Waals surface area contributed by atoms with Crippen LogP contribution in [0.2, 0.25) is 0 Å². The van der Waals surface area contributed by atoms with Crippen molar-refractivity contribution >= 4 is 11.6 Å². The topological polar surface area (TPSA) is 50.6 Å². The van der Waals surface area contributed by atoms with Crippen molar-refractivity contribution < 1.29 is 22.7 Å². The van der Waals surface area contributed by atoms with Crippen LogP contribution in [0.25, 0.3) is 11.3 Å². The van der Waals surface area contributed by atoms with Crippen molar-refractivity contribution in [1.82, 2.24) is 14.7 Å². The van der Waals surface area contributed by atoms with Crippen molar-refractivity contribution in [2.75, 3.05) is 31.1 Å². The number of aromatic nitrogens is 2. The predicted octanol–water partition coefficient (Wildman–Crippen LogP) is 3.96. The zero-order chi connectivity index (χ0) is 22.5. The summed E-state index contributed by atoms with van der Waals surface area (Å²) in [6.45, 7) is 1.96. The highest BCUT2D eigenvalue weighted by Gasteiger charge is 2.33. The Morgan fingerprint density at radius 3 is 2.53 bits per heavy atom. The fraction of sp³-hybridized carbons (Fsp3) is 0.304. The van der Waals surface area contributed by atoms with Gasteiger partial charge in [-0.1, -0.05) is 18.2 Å². The highest BCUT2D eigenvalue weighted by molar-refractivity contribution is 5.96. The van der Waals surface area contributed by atoms with Crippen LogP contribution in [0, 0.1) is 0 Å². The number of halogens is 3. The number of nitrogens with zero attached hydrogens (tertiary/aromatic N) is 4. The molecule has 0 atom stereocenters. The van der Waals surface area contributed by atoms with Gasteiger partial charge in [0.2, 0.25) is 0 Å². The van der Waals surface area contributed by atoms with Crippen LogP contribution in [0.4, 0.5) is 18.9 Å². The van der Waals surface area contributed by atoms with Gasteiger partial charge < -0.3 is 14.5 Å². The van der Waals surface area contributed by atoms with E-state index in [1.54, 1.807) is 15.6 Å². The zero-order valence-electron chi connectivity index (χ0n) is 17.4. The zero-order valence-corrected chi connectivity index (χ0v) is 17.4. The summed E-state index contributed by atoms with van der Waals surface area (Å²) >= 11 is 0. The van der Waals surface area contributed by atoms with E-state index in [0.717, 1.165) is 34.7 Å². The standard InChI is InChI=1S/C23H21F3N4O2/c1-28-21-17-7-2-3-8-19(17)32-14-18(21)20(27-28)22(31)30-11-9-29(10-12-30)16-6-4-5-15(13-16)23(24,25)26/h2-8,13H,9-12,14H2,1H3. The number of hydrogen-bond acceptors (Lipinski definition) is 4. The first kappa shape index (κ1) is 20.4. The Morgan fingerprint density at radius 1 is 1.03 bits per heavy atom. The highest BCUT2D eigenvalue weighted by atomic mass is 19.4. The molecule has 0 spiro atoms. The third kappa shape index (κ3) is 3.47. The summed E-state index contributed by atoms with van der Waals surface area (Å²) in [5.41, 5.74) is 2.73. The number of para-hydroxylation sites is 1. The van der Waals surface area contributed by atoms with E-state index < -0.39 is 11.7 Å². The average Bonchev–Trinajstić information content (AvgIpc) is 3.15. The van der Waals surface area contributed by atoms with Gasteiger partial charge in [-0.15, -0.1) is 0 Å². The molecule has 9 heteroatoms. The molecule has 3 aromatic rings. The lowest BCUT2D eigenvalue weighted by Crippen LogP contribution is -2.49. The lowest BCUT2D eigenvalue weighted by atomic mass is 10.0. The normalized spacial score (nSPS) is 15.8. The number of piperazine rings is 1. The summed E-state index contributed by atoms with van der Waals surface area (Å²) in [6, 6.07) is 12.9. The van der Waals surface area contributed by atoms with Gasteiger partial charge in [-0.3, -0.25) is 9.48 Å². The van der Waals surface area contributed by atoms with Crippen LogP contribution in [0.3, 0.4) is 0 Å². The minimum Gasteiger partial charge on any atom is -0.488 e. The number of hydrogen-bond donors (Lipinski definition) is 0. The first-order chi connectivity index (χ1) is 15.3. The summed E-state index contributed by atoms with van der Waals surface area (Å²) in [7, 11) is 1.81. The molecule has 0 radical (unpaired) electrons. The number of alkyl halides is 3.